The Hall–Kier alpha value is -2.10. The number of hydrogen-bond acceptors (Lipinski definition) is 4. The molecule has 0 radical (unpaired) electrons. The van der Waals surface area contributed by atoms with E-state index in [2.05, 4.69) is 34.5 Å². The molecule has 2 heterocycles. The molecular weight excluding hydrogens is 493 g/mol. The zero-order valence-corrected chi connectivity index (χ0v) is 20.3. The monoisotopic (exact) mass is 525 g/mol. The molecule has 0 saturated carbocycles. The summed E-state index contributed by atoms with van der Waals surface area (Å²) in [6, 6.07) is 8.40. The highest BCUT2D eigenvalue weighted by molar-refractivity contribution is 14.0. The SMILES string of the molecule is CCC(CCNC(=NC)NCc1coc(-c2ccc(C)cc2)n1)N1CCCC1=O.I. The third-order valence-electron chi connectivity index (χ3n) is 5.30. The third kappa shape index (κ3) is 6.45. The molecule has 0 bridgehead atoms. The van der Waals surface area contributed by atoms with Crippen LogP contribution in [0, 0.1) is 6.92 Å². The molecule has 1 fully saturated rings. The fourth-order valence-electron chi connectivity index (χ4n) is 3.60. The van der Waals surface area contributed by atoms with Crippen LogP contribution in [0.5, 0.6) is 0 Å². The molecule has 1 saturated heterocycles. The molecule has 3 rings (SSSR count). The van der Waals surface area contributed by atoms with Crippen molar-refractivity contribution in [2.24, 2.45) is 4.99 Å². The molecule has 7 nitrogen and oxygen atoms in total. The molecule has 1 amide bonds. The van der Waals surface area contributed by atoms with Crippen molar-refractivity contribution in [1.82, 2.24) is 20.5 Å². The number of benzene rings is 1. The van der Waals surface area contributed by atoms with Crippen molar-refractivity contribution in [3.05, 3.63) is 41.8 Å². The smallest absolute Gasteiger partial charge is 0.226 e. The van der Waals surface area contributed by atoms with E-state index in [4.69, 9.17) is 4.42 Å². The van der Waals surface area contributed by atoms with Crippen LogP contribution in [0.1, 0.15) is 43.9 Å². The molecule has 1 aromatic heterocycles. The summed E-state index contributed by atoms with van der Waals surface area (Å²) in [4.78, 5) is 22.8. The van der Waals surface area contributed by atoms with Crippen molar-refractivity contribution in [3.63, 3.8) is 0 Å². The summed E-state index contributed by atoms with van der Waals surface area (Å²) in [6.07, 6.45) is 5.22. The van der Waals surface area contributed by atoms with Crippen molar-refractivity contribution in [2.45, 2.75) is 52.1 Å². The topological polar surface area (TPSA) is 82.8 Å². The number of carbonyl (C=O) groups excluding carboxylic acids is 1. The van der Waals surface area contributed by atoms with E-state index in [-0.39, 0.29) is 29.9 Å². The Bertz CT molecular complexity index is 834. The minimum atomic E-state index is 0. The van der Waals surface area contributed by atoms with Gasteiger partial charge in [0.05, 0.1) is 12.2 Å². The van der Waals surface area contributed by atoms with Crippen molar-refractivity contribution in [3.8, 4) is 11.5 Å². The van der Waals surface area contributed by atoms with E-state index in [9.17, 15) is 4.79 Å². The average molecular weight is 525 g/mol. The summed E-state index contributed by atoms with van der Waals surface area (Å²) in [5, 5.41) is 6.60. The van der Waals surface area contributed by atoms with Gasteiger partial charge in [-0.25, -0.2) is 4.98 Å². The van der Waals surface area contributed by atoms with Gasteiger partial charge < -0.3 is 20.0 Å². The van der Waals surface area contributed by atoms with Crippen LogP contribution >= 0.6 is 24.0 Å². The van der Waals surface area contributed by atoms with Gasteiger partial charge in [-0.1, -0.05) is 24.6 Å². The lowest BCUT2D eigenvalue weighted by atomic mass is 10.1. The van der Waals surface area contributed by atoms with E-state index in [1.807, 2.05) is 29.2 Å². The van der Waals surface area contributed by atoms with Crippen LogP contribution in [0.15, 0.2) is 39.9 Å². The number of aromatic nitrogens is 1. The van der Waals surface area contributed by atoms with Crippen LogP contribution in [0.4, 0.5) is 0 Å². The van der Waals surface area contributed by atoms with E-state index in [1.54, 1.807) is 13.3 Å². The van der Waals surface area contributed by atoms with Crippen LogP contribution in [-0.4, -0.2) is 47.9 Å². The van der Waals surface area contributed by atoms with Crippen LogP contribution in [0.2, 0.25) is 0 Å². The second-order valence-electron chi connectivity index (χ2n) is 7.40. The molecule has 2 N–H and O–H groups in total. The van der Waals surface area contributed by atoms with Crippen molar-refractivity contribution >= 4 is 35.8 Å². The number of rotatable bonds is 8. The van der Waals surface area contributed by atoms with Gasteiger partial charge in [0.25, 0.3) is 0 Å². The second kappa shape index (κ2) is 11.9. The molecule has 8 heteroatoms. The highest BCUT2D eigenvalue weighted by Gasteiger charge is 2.26. The number of oxazole rings is 1. The molecule has 1 aromatic carbocycles. The number of nitrogens with one attached hydrogen (secondary N) is 2. The Kier molecular flexibility index (Phi) is 9.61. The first-order chi connectivity index (χ1) is 14.1. The van der Waals surface area contributed by atoms with Crippen LogP contribution in [0.25, 0.3) is 11.5 Å². The van der Waals surface area contributed by atoms with Gasteiger partial charge in [-0.2, -0.15) is 0 Å². The predicted molar refractivity (Wildman–Crippen MR) is 130 cm³/mol. The van der Waals surface area contributed by atoms with Gasteiger partial charge >= 0.3 is 0 Å². The Morgan fingerprint density at radius 2 is 2.07 bits per heavy atom. The van der Waals surface area contributed by atoms with E-state index in [0.29, 0.717) is 30.9 Å². The quantitative estimate of drug-likeness (QED) is 0.312. The maximum absolute atomic E-state index is 12.0. The second-order valence-corrected chi connectivity index (χ2v) is 7.40. The Labute approximate surface area is 195 Å². The third-order valence-corrected chi connectivity index (χ3v) is 5.30. The standard InChI is InChI=1S/C22H31N5O2.HI/c1-4-19(27-13-5-6-20(27)28)11-12-24-22(23-3)25-14-18-15-29-21(26-18)17-9-7-16(2)8-10-17;/h7-10,15,19H,4-6,11-14H2,1-3H3,(H2,23,24,25);1H. The van der Waals surface area contributed by atoms with Gasteiger partial charge in [0.2, 0.25) is 11.8 Å². The van der Waals surface area contributed by atoms with Crippen LogP contribution < -0.4 is 10.6 Å². The molecular formula is C22H32IN5O2. The zero-order chi connectivity index (χ0) is 20.6. The molecule has 1 aliphatic rings. The minimum Gasteiger partial charge on any atom is -0.444 e. The molecule has 1 unspecified atom stereocenters. The summed E-state index contributed by atoms with van der Waals surface area (Å²) in [5.74, 6) is 1.62. The number of carbonyl (C=O) groups is 1. The van der Waals surface area contributed by atoms with Gasteiger partial charge in [0.15, 0.2) is 5.96 Å². The summed E-state index contributed by atoms with van der Waals surface area (Å²) in [7, 11) is 1.75. The van der Waals surface area contributed by atoms with E-state index >= 15 is 0 Å². The molecule has 1 aliphatic heterocycles. The van der Waals surface area contributed by atoms with E-state index in [0.717, 1.165) is 43.6 Å². The molecule has 0 aliphatic carbocycles. The minimum absolute atomic E-state index is 0. The van der Waals surface area contributed by atoms with Crippen molar-refractivity contribution in [2.75, 3.05) is 20.1 Å². The zero-order valence-electron chi connectivity index (χ0n) is 18.0. The molecule has 2 aromatic rings. The van der Waals surface area contributed by atoms with Gasteiger partial charge in [-0.05, 0) is 38.3 Å². The number of aliphatic imine (C=N–C) groups is 1. The number of amides is 1. The average Bonchev–Trinajstić information content (AvgIpc) is 3.37. The summed E-state index contributed by atoms with van der Waals surface area (Å²) >= 11 is 0. The Balaban J connectivity index is 0.00000320. The first-order valence-corrected chi connectivity index (χ1v) is 10.4. The van der Waals surface area contributed by atoms with Gasteiger partial charge in [0.1, 0.15) is 6.26 Å². The molecule has 1 atom stereocenters. The number of halogens is 1. The van der Waals surface area contributed by atoms with Gasteiger partial charge in [-0.3, -0.25) is 9.79 Å². The van der Waals surface area contributed by atoms with Crippen LogP contribution in [0.3, 0.4) is 0 Å². The first kappa shape index (κ1) is 24.2. The molecule has 30 heavy (non-hydrogen) atoms. The number of likely N-dealkylation sites (tertiary alicyclic amines) is 1. The summed E-state index contributed by atoms with van der Waals surface area (Å²) in [6.45, 7) is 6.37. The lowest BCUT2D eigenvalue weighted by Crippen LogP contribution is -2.41. The number of guanidine groups is 1. The Morgan fingerprint density at radius 1 is 1.30 bits per heavy atom. The van der Waals surface area contributed by atoms with E-state index < -0.39 is 0 Å². The van der Waals surface area contributed by atoms with Crippen molar-refractivity contribution in [1.29, 1.82) is 0 Å². The van der Waals surface area contributed by atoms with Gasteiger partial charge in [0, 0.05) is 38.2 Å². The summed E-state index contributed by atoms with van der Waals surface area (Å²) < 4.78 is 5.60. The maximum atomic E-state index is 12.0. The maximum Gasteiger partial charge on any atom is 0.226 e. The normalized spacial score (nSPS) is 15.1. The van der Waals surface area contributed by atoms with Crippen LogP contribution in [-0.2, 0) is 11.3 Å². The lowest BCUT2D eigenvalue weighted by molar-refractivity contribution is -0.129. The fourth-order valence-corrected chi connectivity index (χ4v) is 3.60. The fraction of sp³-hybridized carbons (Fsp3) is 0.500. The number of nitrogens with zero attached hydrogens (tertiary/aromatic N) is 3. The molecule has 0 spiro atoms. The number of aryl methyl sites for hydroxylation is 1. The highest BCUT2D eigenvalue weighted by Crippen LogP contribution is 2.19. The molecule has 164 valence electrons. The lowest BCUT2D eigenvalue weighted by Gasteiger charge is -2.27. The largest absolute Gasteiger partial charge is 0.444 e. The van der Waals surface area contributed by atoms with Crippen molar-refractivity contribution < 1.29 is 9.21 Å². The predicted octanol–water partition coefficient (Wildman–Crippen LogP) is 3.72. The Morgan fingerprint density at radius 3 is 2.70 bits per heavy atom. The summed E-state index contributed by atoms with van der Waals surface area (Å²) in [5.41, 5.74) is 2.99. The number of hydrogen-bond donors (Lipinski definition) is 2. The van der Waals surface area contributed by atoms with E-state index in [1.165, 1.54) is 5.56 Å². The van der Waals surface area contributed by atoms with Gasteiger partial charge in [-0.15, -0.1) is 24.0 Å². The first-order valence-electron chi connectivity index (χ1n) is 10.4. The highest BCUT2D eigenvalue weighted by atomic mass is 127.